The lowest BCUT2D eigenvalue weighted by Gasteiger charge is -2.31. The van der Waals surface area contributed by atoms with Crippen molar-refractivity contribution in [2.24, 2.45) is 0 Å². The zero-order valence-electron chi connectivity index (χ0n) is 11.2. The van der Waals surface area contributed by atoms with Gasteiger partial charge in [0, 0.05) is 12.6 Å². The molecule has 4 nitrogen and oxygen atoms in total. The molecular weight excluding hydrogens is 244 g/mol. The van der Waals surface area contributed by atoms with Crippen LogP contribution in [-0.4, -0.2) is 42.3 Å². The summed E-state index contributed by atoms with van der Waals surface area (Å²) < 4.78 is 28.4. The minimum absolute atomic E-state index is 0.0445. The lowest BCUT2D eigenvalue weighted by atomic mass is 9.89. The van der Waals surface area contributed by atoms with Crippen molar-refractivity contribution in [3.63, 3.8) is 0 Å². The Morgan fingerprint density at radius 1 is 1.44 bits per heavy atom. The van der Waals surface area contributed by atoms with Gasteiger partial charge in [0.05, 0.1) is 0 Å². The first-order chi connectivity index (χ1) is 8.34. The normalized spacial score (nSPS) is 15.1. The molecule has 18 heavy (non-hydrogen) atoms. The van der Waals surface area contributed by atoms with Gasteiger partial charge in [0.15, 0.2) is 0 Å². The minimum atomic E-state index is -2.48. The molecule has 0 fully saturated rings. The number of hydrogen-bond acceptors (Lipinski definition) is 3. The third-order valence-corrected chi connectivity index (χ3v) is 2.71. The summed E-state index contributed by atoms with van der Waals surface area (Å²) in [5.74, 6) is -0.910. The highest BCUT2D eigenvalue weighted by Crippen LogP contribution is 2.19. The molecule has 0 spiro atoms. The van der Waals surface area contributed by atoms with Crippen molar-refractivity contribution in [1.29, 1.82) is 0 Å². The molecule has 0 aromatic rings. The van der Waals surface area contributed by atoms with Gasteiger partial charge in [-0.3, -0.25) is 10.1 Å². The number of halogens is 2. The van der Waals surface area contributed by atoms with Crippen LogP contribution in [0.3, 0.4) is 0 Å². The minimum Gasteiger partial charge on any atom is -0.480 e. The third kappa shape index (κ3) is 6.26. The van der Waals surface area contributed by atoms with E-state index in [0.717, 1.165) is 0 Å². The van der Waals surface area contributed by atoms with Crippen molar-refractivity contribution in [2.45, 2.75) is 58.0 Å². The van der Waals surface area contributed by atoms with Crippen LogP contribution in [0.1, 0.15) is 40.0 Å². The second-order valence-electron chi connectivity index (χ2n) is 4.61. The highest BCUT2D eigenvalue weighted by atomic mass is 19.3. The molecule has 6 heteroatoms. The third-order valence-electron chi connectivity index (χ3n) is 2.71. The summed E-state index contributed by atoms with van der Waals surface area (Å²) in [4.78, 5) is 11.3. The Balaban J connectivity index is 4.21. The van der Waals surface area contributed by atoms with Crippen LogP contribution in [0.4, 0.5) is 8.78 Å². The maximum atomic E-state index is 11.8. The lowest BCUT2D eigenvalue weighted by molar-refractivity contribution is -0.146. The second-order valence-corrected chi connectivity index (χ2v) is 4.61. The first-order valence-electron chi connectivity index (χ1n) is 6.21. The van der Waals surface area contributed by atoms with E-state index in [0.29, 0.717) is 19.3 Å². The molecule has 2 N–H and O–H groups in total. The number of alkyl halides is 2. The molecule has 0 saturated carbocycles. The summed E-state index contributed by atoms with van der Waals surface area (Å²) in [7, 11) is 0. The molecule has 0 amide bonds. The number of hydrogen-bond donors (Lipinski definition) is 2. The molecule has 1 unspecified atom stereocenters. The maximum absolute atomic E-state index is 11.8. The zero-order chi connectivity index (χ0) is 14.2. The van der Waals surface area contributed by atoms with E-state index in [2.05, 4.69) is 5.32 Å². The molecule has 0 bridgehead atoms. The van der Waals surface area contributed by atoms with Gasteiger partial charge in [-0.1, -0.05) is 6.92 Å². The van der Waals surface area contributed by atoms with Gasteiger partial charge < -0.3 is 9.84 Å². The van der Waals surface area contributed by atoms with Crippen LogP contribution in [0, 0.1) is 0 Å². The topological polar surface area (TPSA) is 58.6 Å². The van der Waals surface area contributed by atoms with E-state index in [1.807, 2.05) is 13.8 Å². The van der Waals surface area contributed by atoms with Gasteiger partial charge in [-0.25, -0.2) is 8.78 Å². The molecule has 108 valence electrons. The zero-order valence-corrected chi connectivity index (χ0v) is 11.2. The summed E-state index contributed by atoms with van der Waals surface area (Å²) in [6.07, 6.45) is -1.24. The van der Waals surface area contributed by atoms with Crippen LogP contribution in [0.2, 0.25) is 0 Å². The first-order valence-corrected chi connectivity index (χ1v) is 6.21. The van der Waals surface area contributed by atoms with Crippen LogP contribution in [-0.2, 0) is 9.53 Å². The number of aliphatic carboxylic acids is 1. The molecule has 0 aromatic heterocycles. The molecule has 0 saturated heterocycles. The summed E-state index contributed by atoms with van der Waals surface area (Å²) >= 11 is 0. The van der Waals surface area contributed by atoms with Crippen LogP contribution < -0.4 is 5.32 Å². The average Bonchev–Trinajstić information content (AvgIpc) is 2.25. The fraction of sp³-hybridized carbons (Fsp3) is 0.917. The predicted molar refractivity (Wildman–Crippen MR) is 65.0 cm³/mol. The predicted octanol–water partition coefficient (Wildman–Crippen LogP) is 2.28. The Hall–Kier alpha value is -0.750. The highest BCUT2D eigenvalue weighted by Gasteiger charge is 2.36. The Bertz CT molecular complexity index is 249. The smallest absolute Gasteiger partial charge is 0.323 e. The second kappa shape index (κ2) is 8.37. The SMILES string of the molecule is CCC(CCCOCC(F)F)(NC(C)C)C(=O)O. The van der Waals surface area contributed by atoms with Gasteiger partial charge in [-0.15, -0.1) is 0 Å². The monoisotopic (exact) mass is 267 g/mol. The van der Waals surface area contributed by atoms with E-state index >= 15 is 0 Å². The Morgan fingerprint density at radius 3 is 2.44 bits per heavy atom. The quantitative estimate of drug-likeness (QED) is 0.596. The number of ether oxygens (including phenoxy) is 1. The number of carboxylic acids is 1. The molecular formula is C12H23F2NO3. The molecule has 0 rings (SSSR count). The van der Waals surface area contributed by atoms with Gasteiger partial charge in [0.2, 0.25) is 0 Å². The van der Waals surface area contributed by atoms with Gasteiger partial charge in [-0.05, 0) is 33.1 Å². The van der Waals surface area contributed by atoms with Gasteiger partial charge in [0.25, 0.3) is 6.43 Å². The first kappa shape index (κ1) is 17.2. The summed E-state index contributed by atoms with van der Waals surface area (Å²) in [6.45, 7) is 5.10. The molecule has 0 heterocycles. The van der Waals surface area contributed by atoms with Crippen molar-refractivity contribution in [2.75, 3.05) is 13.2 Å². The number of nitrogens with one attached hydrogen (secondary N) is 1. The summed E-state index contributed by atoms with van der Waals surface area (Å²) in [5.41, 5.74) is -0.998. The van der Waals surface area contributed by atoms with E-state index < -0.39 is 24.5 Å². The molecule has 0 aliphatic carbocycles. The van der Waals surface area contributed by atoms with Crippen LogP contribution in [0.15, 0.2) is 0 Å². The molecule has 1 atom stereocenters. The Labute approximate surface area is 107 Å². The fourth-order valence-corrected chi connectivity index (χ4v) is 1.87. The van der Waals surface area contributed by atoms with Gasteiger partial charge in [0.1, 0.15) is 12.1 Å². The van der Waals surface area contributed by atoms with Crippen molar-refractivity contribution in [1.82, 2.24) is 5.32 Å². The van der Waals surface area contributed by atoms with Crippen molar-refractivity contribution >= 4 is 5.97 Å². The van der Waals surface area contributed by atoms with Crippen LogP contribution in [0.5, 0.6) is 0 Å². The summed E-state index contributed by atoms with van der Waals surface area (Å²) in [6, 6.07) is 0.0445. The van der Waals surface area contributed by atoms with Crippen molar-refractivity contribution in [3.05, 3.63) is 0 Å². The van der Waals surface area contributed by atoms with Crippen LogP contribution >= 0.6 is 0 Å². The number of carbonyl (C=O) groups is 1. The Kier molecular flexibility index (Phi) is 8.02. The fourth-order valence-electron chi connectivity index (χ4n) is 1.87. The highest BCUT2D eigenvalue weighted by molar-refractivity contribution is 5.78. The van der Waals surface area contributed by atoms with Crippen LogP contribution in [0.25, 0.3) is 0 Å². The molecule has 0 aliphatic rings. The van der Waals surface area contributed by atoms with E-state index in [4.69, 9.17) is 4.74 Å². The van der Waals surface area contributed by atoms with E-state index in [-0.39, 0.29) is 12.6 Å². The van der Waals surface area contributed by atoms with Crippen molar-refractivity contribution < 1.29 is 23.4 Å². The number of carboxylic acid groups (broad SMARTS) is 1. The van der Waals surface area contributed by atoms with E-state index in [1.54, 1.807) is 6.92 Å². The molecule has 0 aromatic carbocycles. The Morgan fingerprint density at radius 2 is 2.06 bits per heavy atom. The standard InChI is InChI=1S/C12H23F2NO3/c1-4-12(11(16)17,15-9(2)3)6-5-7-18-8-10(13)14/h9-10,15H,4-8H2,1-3H3,(H,16,17). The average molecular weight is 267 g/mol. The van der Waals surface area contributed by atoms with Crippen molar-refractivity contribution in [3.8, 4) is 0 Å². The molecule has 0 aliphatic heterocycles. The molecule has 0 radical (unpaired) electrons. The van der Waals surface area contributed by atoms with Gasteiger partial charge in [-0.2, -0.15) is 0 Å². The largest absolute Gasteiger partial charge is 0.480 e. The maximum Gasteiger partial charge on any atom is 0.323 e. The van der Waals surface area contributed by atoms with E-state index in [9.17, 15) is 18.7 Å². The number of rotatable bonds is 10. The van der Waals surface area contributed by atoms with Gasteiger partial charge >= 0.3 is 5.97 Å². The summed E-state index contributed by atoms with van der Waals surface area (Å²) in [5, 5.41) is 12.3. The van der Waals surface area contributed by atoms with E-state index in [1.165, 1.54) is 0 Å². The lowest BCUT2D eigenvalue weighted by Crippen LogP contribution is -2.54.